The molecule has 1 heterocycles. The summed E-state index contributed by atoms with van der Waals surface area (Å²) in [4.78, 5) is 12.1. The first-order valence-electron chi connectivity index (χ1n) is 7.59. The summed E-state index contributed by atoms with van der Waals surface area (Å²) in [7, 11) is 0. The molecule has 1 amide bonds. The van der Waals surface area contributed by atoms with Gasteiger partial charge in [0.15, 0.2) is 0 Å². The van der Waals surface area contributed by atoms with E-state index in [9.17, 15) is 9.90 Å². The van der Waals surface area contributed by atoms with Crippen molar-refractivity contribution in [2.45, 2.75) is 31.5 Å². The van der Waals surface area contributed by atoms with Crippen molar-refractivity contribution in [2.75, 3.05) is 0 Å². The molecule has 130 valence electrons. The molecule has 0 bridgehead atoms. The van der Waals surface area contributed by atoms with Crippen molar-refractivity contribution >= 4 is 29.9 Å². The molecule has 0 radical (unpaired) electrons. The Bertz CT molecular complexity index is 695. The number of hydrogen-bond donors (Lipinski definition) is 3. The number of carbonyl (C=O) groups is 1. The lowest BCUT2D eigenvalue weighted by atomic mass is 10.1. The van der Waals surface area contributed by atoms with Gasteiger partial charge in [-0.3, -0.25) is 4.79 Å². The van der Waals surface area contributed by atoms with E-state index in [1.807, 2.05) is 30.3 Å². The molecule has 0 unspecified atom stereocenters. The summed E-state index contributed by atoms with van der Waals surface area (Å²) in [5.74, 6) is 0.972. The molecule has 3 atom stereocenters. The van der Waals surface area contributed by atoms with E-state index in [0.717, 1.165) is 5.56 Å². The summed E-state index contributed by atoms with van der Waals surface area (Å²) in [5, 5.41) is 13.1. The molecule has 0 spiro atoms. The normalized spacial score (nSPS) is 22.9. The van der Waals surface area contributed by atoms with Crippen LogP contribution < -0.4 is 11.1 Å². The van der Waals surface area contributed by atoms with Crippen LogP contribution >= 0.6 is 24.0 Å². The Morgan fingerprint density at radius 3 is 2.71 bits per heavy atom. The van der Waals surface area contributed by atoms with E-state index in [1.165, 1.54) is 0 Å². The van der Waals surface area contributed by atoms with Gasteiger partial charge in [-0.1, -0.05) is 23.7 Å². The Morgan fingerprint density at radius 2 is 2.04 bits per heavy atom. The predicted octanol–water partition coefficient (Wildman–Crippen LogP) is 2.74. The molecule has 7 heteroatoms. The average molecular weight is 371 g/mol. The molecule has 3 rings (SSSR count). The minimum Gasteiger partial charge on any atom is -0.459 e. The maximum absolute atomic E-state index is 12.1. The Hall–Kier alpha value is -1.53. The van der Waals surface area contributed by atoms with Gasteiger partial charge in [-0.2, -0.15) is 0 Å². The third kappa shape index (κ3) is 4.11. The highest BCUT2D eigenvalue weighted by atomic mass is 35.5. The highest BCUT2D eigenvalue weighted by Crippen LogP contribution is 2.29. The first kappa shape index (κ1) is 18.8. The molecule has 24 heavy (non-hydrogen) atoms. The minimum atomic E-state index is -0.596. The Morgan fingerprint density at radius 1 is 1.29 bits per heavy atom. The van der Waals surface area contributed by atoms with Gasteiger partial charge in [0.05, 0.1) is 17.7 Å². The number of nitrogens with one attached hydrogen (secondary N) is 1. The van der Waals surface area contributed by atoms with Gasteiger partial charge < -0.3 is 20.6 Å². The molecule has 5 nitrogen and oxygen atoms in total. The number of amides is 1. The maximum atomic E-state index is 12.1. The van der Waals surface area contributed by atoms with Crippen molar-refractivity contribution in [3.63, 3.8) is 0 Å². The SMILES string of the molecule is Cl.N[C@@H]1C[C@H](C(=O)NCc2ccc(-c3ccccc3Cl)o2)C[C@H]1O. The highest BCUT2D eigenvalue weighted by Gasteiger charge is 2.34. The average Bonchev–Trinajstić information content (AvgIpc) is 3.13. The van der Waals surface area contributed by atoms with Crippen LogP contribution in [0.2, 0.25) is 5.02 Å². The van der Waals surface area contributed by atoms with E-state index < -0.39 is 6.10 Å². The third-order valence-electron chi connectivity index (χ3n) is 4.19. The second-order valence-corrected chi connectivity index (χ2v) is 6.27. The number of aliphatic hydroxyl groups excluding tert-OH is 1. The first-order chi connectivity index (χ1) is 11.0. The van der Waals surface area contributed by atoms with Crippen LogP contribution in [0.3, 0.4) is 0 Å². The molecule has 0 saturated heterocycles. The molecule has 4 N–H and O–H groups in total. The van der Waals surface area contributed by atoms with Gasteiger partial charge in [-0.25, -0.2) is 0 Å². The fraction of sp³-hybridized carbons (Fsp3) is 0.353. The summed E-state index contributed by atoms with van der Waals surface area (Å²) in [6.45, 7) is 0.297. The molecule has 1 aliphatic rings. The fourth-order valence-corrected chi connectivity index (χ4v) is 3.09. The lowest BCUT2D eigenvalue weighted by molar-refractivity contribution is -0.125. The zero-order valence-electron chi connectivity index (χ0n) is 12.9. The van der Waals surface area contributed by atoms with Crippen LogP contribution in [0.4, 0.5) is 0 Å². The Balaban J connectivity index is 0.00000208. The molecule has 1 fully saturated rings. The van der Waals surface area contributed by atoms with E-state index in [0.29, 0.717) is 35.9 Å². The van der Waals surface area contributed by atoms with Crippen molar-refractivity contribution < 1.29 is 14.3 Å². The van der Waals surface area contributed by atoms with Gasteiger partial charge >= 0.3 is 0 Å². The molecular weight excluding hydrogens is 351 g/mol. The second kappa shape index (κ2) is 8.03. The predicted molar refractivity (Wildman–Crippen MR) is 95.0 cm³/mol. The number of carbonyl (C=O) groups excluding carboxylic acids is 1. The van der Waals surface area contributed by atoms with Crippen molar-refractivity contribution in [1.82, 2.24) is 5.32 Å². The van der Waals surface area contributed by atoms with E-state index >= 15 is 0 Å². The zero-order valence-corrected chi connectivity index (χ0v) is 14.5. The standard InChI is InChI=1S/C17H19ClN2O3.ClH/c18-13-4-2-1-3-12(13)16-6-5-11(23-16)9-20-17(22)10-7-14(19)15(21)8-10;/h1-6,10,14-15,21H,7-9,19H2,(H,20,22);1H/t10-,14+,15+;/m0./s1. The van der Waals surface area contributed by atoms with Crippen molar-refractivity contribution in [3.05, 3.63) is 47.2 Å². The number of nitrogens with two attached hydrogens (primary N) is 1. The summed E-state index contributed by atoms with van der Waals surface area (Å²) in [5.41, 5.74) is 6.55. The van der Waals surface area contributed by atoms with Gasteiger partial charge in [0, 0.05) is 17.5 Å². The lowest BCUT2D eigenvalue weighted by Crippen LogP contribution is -2.30. The number of furan rings is 1. The first-order valence-corrected chi connectivity index (χ1v) is 7.97. The third-order valence-corrected chi connectivity index (χ3v) is 4.52. The largest absolute Gasteiger partial charge is 0.459 e. The topological polar surface area (TPSA) is 88.5 Å². The van der Waals surface area contributed by atoms with Crippen molar-refractivity contribution in [1.29, 1.82) is 0 Å². The van der Waals surface area contributed by atoms with Crippen molar-refractivity contribution in [2.24, 2.45) is 11.7 Å². The molecule has 0 aliphatic heterocycles. The summed E-state index contributed by atoms with van der Waals surface area (Å²) in [6, 6.07) is 10.8. The molecule has 1 aliphatic carbocycles. The second-order valence-electron chi connectivity index (χ2n) is 5.86. The summed E-state index contributed by atoms with van der Waals surface area (Å²) >= 11 is 6.14. The molecular formula is C17H20Cl2N2O3. The highest BCUT2D eigenvalue weighted by molar-refractivity contribution is 6.33. The Kier molecular flexibility index (Phi) is 6.29. The van der Waals surface area contributed by atoms with Crippen molar-refractivity contribution in [3.8, 4) is 11.3 Å². The lowest BCUT2D eigenvalue weighted by Gasteiger charge is -2.09. The fourth-order valence-electron chi connectivity index (χ4n) is 2.86. The summed E-state index contributed by atoms with van der Waals surface area (Å²) < 4.78 is 5.73. The number of benzene rings is 1. The molecule has 1 saturated carbocycles. The number of hydrogen-bond acceptors (Lipinski definition) is 4. The summed E-state index contributed by atoms with van der Waals surface area (Å²) in [6.07, 6.45) is 0.327. The van der Waals surface area contributed by atoms with Crippen LogP contribution in [0, 0.1) is 5.92 Å². The van der Waals surface area contributed by atoms with Crippen LogP contribution in [-0.2, 0) is 11.3 Å². The van der Waals surface area contributed by atoms with Gasteiger partial charge in [-0.05, 0) is 37.1 Å². The van der Waals surface area contributed by atoms with Crippen LogP contribution in [0.1, 0.15) is 18.6 Å². The monoisotopic (exact) mass is 370 g/mol. The van der Waals surface area contributed by atoms with E-state index in [4.69, 9.17) is 21.8 Å². The van der Waals surface area contributed by atoms with Crippen LogP contribution in [0.25, 0.3) is 11.3 Å². The number of rotatable bonds is 4. The van der Waals surface area contributed by atoms with Gasteiger partial charge in [0.2, 0.25) is 5.91 Å². The molecule has 1 aromatic carbocycles. The minimum absolute atomic E-state index is 0. The zero-order chi connectivity index (χ0) is 16.4. The van der Waals surface area contributed by atoms with Crippen LogP contribution in [0.15, 0.2) is 40.8 Å². The van der Waals surface area contributed by atoms with Gasteiger partial charge in [0.1, 0.15) is 11.5 Å². The number of aliphatic hydroxyl groups is 1. The number of halogens is 2. The van der Waals surface area contributed by atoms with Crippen LogP contribution in [0.5, 0.6) is 0 Å². The smallest absolute Gasteiger partial charge is 0.223 e. The van der Waals surface area contributed by atoms with Gasteiger partial charge in [-0.15, -0.1) is 12.4 Å². The van der Waals surface area contributed by atoms with E-state index in [-0.39, 0.29) is 30.3 Å². The quantitative estimate of drug-likeness (QED) is 0.771. The maximum Gasteiger partial charge on any atom is 0.223 e. The van der Waals surface area contributed by atoms with E-state index in [1.54, 1.807) is 6.07 Å². The molecule has 1 aromatic heterocycles. The molecule has 2 aromatic rings. The van der Waals surface area contributed by atoms with E-state index in [2.05, 4.69) is 5.32 Å². The van der Waals surface area contributed by atoms with Crippen LogP contribution in [-0.4, -0.2) is 23.2 Å². The Labute approximate surface area is 151 Å². The van der Waals surface area contributed by atoms with Gasteiger partial charge in [0.25, 0.3) is 0 Å².